The Morgan fingerprint density at radius 1 is 0.302 bits per heavy atom. The van der Waals surface area contributed by atoms with Gasteiger partial charge in [0, 0.05) is 19.3 Å². The van der Waals surface area contributed by atoms with E-state index in [0.29, 0.717) is 19.3 Å². The largest absolute Gasteiger partial charge is 0.462 e. The minimum absolute atomic E-state index is 0.0648. The number of unbranched alkanes of at least 4 members (excludes halogenated alkanes) is 32. The van der Waals surface area contributed by atoms with Gasteiger partial charge in [-0.25, -0.2) is 0 Å². The topological polar surface area (TPSA) is 78.9 Å². The Labute approximate surface area is 329 Å². The van der Waals surface area contributed by atoms with E-state index in [-0.39, 0.29) is 31.1 Å². The molecule has 1 unspecified atom stereocenters. The summed E-state index contributed by atoms with van der Waals surface area (Å²) in [5.74, 6) is -0.874. The number of ether oxygens (including phenoxy) is 3. The lowest BCUT2D eigenvalue weighted by molar-refractivity contribution is -0.167. The molecule has 0 aliphatic rings. The fourth-order valence-corrected chi connectivity index (χ4v) is 7.03. The molecule has 0 aromatic carbocycles. The first kappa shape index (κ1) is 51.4. The third-order valence-corrected chi connectivity index (χ3v) is 10.6. The summed E-state index contributed by atoms with van der Waals surface area (Å²) < 4.78 is 16.5. The average Bonchev–Trinajstić information content (AvgIpc) is 3.15. The van der Waals surface area contributed by atoms with Crippen LogP contribution in [0.5, 0.6) is 0 Å². The van der Waals surface area contributed by atoms with Crippen molar-refractivity contribution in [3.63, 3.8) is 0 Å². The third-order valence-electron chi connectivity index (χ3n) is 10.6. The van der Waals surface area contributed by atoms with Gasteiger partial charge in [0.2, 0.25) is 0 Å². The van der Waals surface area contributed by atoms with Crippen LogP contribution in [0.15, 0.2) is 0 Å². The predicted molar refractivity (Wildman–Crippen MR) is 224 cm³/mol. The third kappa shape index (κ3) is 41.4. The molecule has 0 aromatic heterocycles. The summed E-state index contributed by atoms with van der Waals surface area (Å²) in [6.07, 6.45) is 44.4. The summed E-state index contributed by atoms with van der Waals surface area (Å²) >= 11 is 0. The lowest BCUT2D eigenvalue weighted by Gasteiger charge is -2.18. The number of esters is 3. The summed E-state index contributed by atoms with van der Waals surface area (Å²) in [5, 5.41) is 0. The Morgan fingerprint density at radius 3 is 0.755 bits per heavy atom. The van der Waals surface area contributed by atoms with E-state index >= 15 is 0 Å². The van der Waals surface area contributed by atoms with Crippen molar-refractivity contribution in [2.75, 3.05) is 13.2 Å². The SMILES string of the molecule is CCCCCCCCCCCCCCCCCCCCCCCCCC(=O)OCC(COC(=O)CCCCCCCC)OC(=O)CCCCCCCC. The highest BCUT2D eigenvalue weighted by Crippen LogP contribution is 2.16. The first-order valence-electron chi connectivity index (χ1n) is 23.5. The first-order valence-corrected chi connectivity index (χ1v) is 23.5. The minimum Gasteiger partial charge on any atom is -0.462 e. The Balaban J connectivity index is 3.92. The van der Waals surface area contributed by atoms with Crippen molar-refractivity contribution in [3.8, 4) is 0 Å². The molecular weight excluding hydrogens is 661 g/mol. The van der Waals surface area contributed by atoms with Gasteiger partial charge in [-0.05, 0) is 19.3 Å². The van der Waals surface area contributed by atoms with Gasteiger partial charge in [0.25, 0.3) is 0 Å². The summed E-state index contributed by atoms with van der Waals surface area (Å²) in [7, 11) is 0. The molecule has 0 fully saturated rings. The van der Waals surface area contributed by atoms with Crippen molar-refractivity contribution in [3.05, 3.63) is 0 Å². The van der Waals surface area contributed by atoms with Gasteiger partial charge in [-0.3, -0.25) is 14.4 Å². The number of rotatable bonds is 43. The van der Waals surface area contributed by atoms with Crippen LogP contribution in [-0.4, -0.2) is 37.2 Å². The highest BCUT2D eigenvalue weighted by atomic mass is 16.6. The molecular formula is C47H90O6. The zero-order valence-corrected chi connectivity index (χ0v) is 35.8. The summed E-state index contributed by atoms with van der Waals surface area (Å²) in [6.45, 7) is 6.54. The van der Waals surface area contributed by atoms with Crippen molar-refractivity contribution in [1.29, 1.82) is 0 Å². The Bertz CT molecular complexity index is 783. The second-order valence-corrected chi connectivity index (χ2v) is 16.0. The Morgan fingerprint density at radius 2 is 0.509 bits per heavy atom. The lowest BCUT2D eigenvalue weighted by atomic mass is 10.0. The van der Waals surface area contributed by atoms with Crippen LogP contribution in [0.3, 0.4) is 0 Å². The molecule has 0 N–H and O–H groups in total. The van der Waals surface area contributed by atoms with Crippen molar-refractivity contribution in [2.24, 2.45) is 0 Å². The van der Waals surface area contributed by atoms with Crippen LogP contribution in [-0.2, 0) is 28.6 Å². The van der Waals surface area contributed by atoms with E-state index in [1.807, 2.05) is 0 Å². The number of hydrogen-bond donors (Lipinski definition) is 0. The molecule has 1 atom stereocenters. The van der Waals surface area contributed by atoms with Crippen LogP contribution in [0.25, 0.3) is 0 Å². The molecule has 0 rings (SSSR count). The summed E-state index contributed by atoms with van der Waals surface area (Å²) in [4.78, 5) is 37.3. The van der Waals surface area contributed by atoms with Gasteiger partial charge in [-0.15, -0.1) is 0 Å². The molecule has 53 heavy (non-hydrogen) atoms. The quantitative estimate of drug-likeness (QED) is 0.0351. The average molecular weight is 751 g/mol. The van der Waals surface area contributed by atoms with Gasteiger partial charge >= 0.3 is 17.9 Å². The monoisotopic (exact) mass is 751 g/mol. The predicted octanol–water partition coefficient (Wildman–Crippen LogP) is 14.9. The minimum atomic E-state index is -0.755. The van der Waals surface area contributed by atoms with Crippen LogP contribution in [0.1, 0.15) is 265 Å². The van der Waals surface area contributed by atoms with E-state index in [4.69, 9.17) is 14.2 Å². The van der Waals surface area contributed by atoms with Crippen molar-refractivity contribution >= 4 is 17.9 Å². The molecule has 0 radical (unpaired) electrons. The second kappa shape index (κ2) is 43.1. The lowest BCUT2D eigenvalue weighted by Crippen LogP contribution is -2.30. The highest BCUT2D eigenvalue weighted by molar-refractivity contribution is 5.71. The Kier molecular flexibility index (Phi) is 41.8. The fourth-order valence-electron chi connectivity index (χ4n) is 7.03. The van der Waals surface area contributed by atoms with E-state index in [9.17, 15) is 14.4 Å². The summed E-state index contributed by atoms with van der Waals surface area (Å²) in [6, 6.07) is 0. The molecule has 0 bridgehead atoms. The van der Waals surface area contributed by atoms with E-state index in [1.165, 1.54) is 167 Å². The van der Waals surface area contributed by atoms with E-state index in [2.05, 4.69) is 20.8 Å². The second-order valence-electron chi connectivity index (χ2n) is 16.0. The van der Waals surface area contributed by atoms with Crippen LogP contribution in [0.4, 0.5) is 0 Å². The van der Waals surface area contributed by atoms with Gasteiger partial charge in [-0.2, -0.15) is 0 Å². The zero-order chi connectivity index (χ0) is 38.7. The van der Waals surface area contributed by atoms with Crippen molar-refractivity contribution in [2.45, 2.75) is 271 Å². The normalized spacial score (nSPS) is 11.8. The molecule has 314 valence electrons. The zero-order valence-electron chi connectivity index (χ0n) is 35.8. The van der Waals surface area contributed by atoms with E-state index in [0.717, 1.165) is 57.8 Å². The van der Waals surface area contributed by atoms with Crippen molar-refractivity contribution in [1.82, 2.24) is 0 Å². The maximum absolute atomic E-state index is 12.5. The van der Waals surface area contributed by atoms with Crippen molar-refractivity contribution < 1.29 is 28.6 Å². The molecule has 6 heteroatoms. The molecule has 0 amide bonds. The molecule has 0 aliphatic carbocycles. The van der Waals surface area contributed by atoms with Crippen LogP contribution in [0, 0.1) is 0 Å². The van der Waals surface area contributed by atoms with Gasteiger partial charge in [-0.1, -0.05) is 226 Å². The van der Waals surface area contributed by atoms with Gasteiger partial charge in [0.1, 0.15) is 13.2 Å². The molecule has 0 spiro atoms. The number of carbonyl (C=O) groups excluding carboxylic acids is 3. The van der Waals surface area contributed by atoms with Crippen LogP contribution >= 0.6 is 0 Å². The fraction of sp³-hybridized carbons (Fsp3) is 0.936. The number of hydrogen-bond acceptors (Lipinski definition) is 6. The first-order chi connectivity index (χ1) is 26.0. The van der Waals surface area contributed by atoms with E-state index in [1.54, 1.807) is 0 Å². The molecule has 0 aliphatic heterocycles. The standard InChI is InChI=1S/C47H90O6/c1-4-7-10-13-16-17-18-19-20-21-22-23-24-25-26-27-28-29-30-31-32-35-37-40-46(49)52-43-44(53-47(50)41-38-34-15-12-9-6-3)42-51-45(48)39-36-33-14-11-8-5-2/h44H,4-43H2,1-3H3. The summed E-state index contributed by atoms with van der Waals surface area (Å²) in [5.41, 5.74) is 0. The Hall–Kier alpha value is -1.59. The molecule has 6 nitrogen and oxygen atoms in total. The maximum atomic E-state index is 12.5. The van der Waals surface area contributed by atoms with Gasteiger partial charge in [0.15, 0.2) is 6.10 Å². The number of carbonyl (C=O) groups is 3. The molecule has 0 saturated heterocycles. The maximum Gasteiger partial charge on any atom is 0.306 e. The highest BCUT2D eigenvalue weighted by Gasteiger charge is 2.19. The van der Waals surface area contributed by atoms with Gasteiger partial charge in [0.05, 0.1) is 0 Å². The molecule has 0 heterocycles. The molecule has 0 saturated carbocycles. The van der Waals surface area contributed by atoms with E-state index < -0.39 is 6.10 Å². The smallest absolute Gasteiger partial charge is 0.306 e. The van der Waals surface area contributed by atoms with Gasteiger partial charge < -0.3 is 14.2 Å². The molecule has 0 aromatic rings. The van der Waals surface area contributed by atoms with Crippen LogP contribution < -0.4 is 0 Å². The van der Waals surface area contributed by atoms with Crippen LogP contribution in [0.2, 0.25) is 0 Å².